The highest BCUT2D eigenvalue weighted by atomic mass is 31.2. The van der Waals surface area contributed by atoms with Crippen molar-refractivity contribution in [3.63, 3.8) is 0 Å². The Morgan fingerprint density at radius 2 is 0.420 bits per heavy atom. The van der Waals surface area contributed by atoms with Crippen molar-refractivity contribution < 1.29 is 80.2 Å². The largest absolute Gasteiger partial charge is 0.472 e. The quantitative estimate of drug-likeness (QED) is 0.0222. The molecular formula is C81H158O17P2. The maximum atomic E-state index is 13.1. The number of hydrogen-bond acceptors (Lipinski definition) is 15. The molecule has 0 spiro atoms. The van der Waals surface area contributed by atoms with Crippen molar-refractivity contribution in [3.05, 3.63) is 0 Å². The Hall–Kier alpha value is -1.94. The van der Waals surface area contributed by atoms with Crippen LogP contribution in [0.15, 0.2) is 0 Å². The van der Waals surface area contributed by atoms with E-state index in [2.05, 4.69) is 55.4 Å². The van der Waals surface area contributed by atoms with Crippen LogP contribution in [0.1, 0.15) is 415 Å². The number of unbranched alkanes of at least 4 members (excludes halogenated alkanes) is 44. The molecule has 19 heteroatoms. The third-order valence-corrected chi connectivity index (χ3v) is 20.7. The van der Waals surface area contributed by atoms with Crippen LogP contribution in [0.25, 0.3) is 0 Å². The van der Waals surface area contributed by atoms with Crippen LogP contribution in [0.5, 0.6) is 0 Å². The van der Waals surface area contributed by atoms with E-state index in [-0.39, 0.29) is 25.7 Å². The molecule has 5 atom stereocenters. The predicted molar refractivity (Wildman–Crippen MR) is 409 cm³/mol. The van der Waals surface area contributed by atoms with E-state index in [0.717, 1.165) is 108 Å². The fourth-order valence-corrected chi connectivity index (χ4v) is 14.0. The Labute approximate surface area is 613 Å². The van der Waals surface area contributed by atoms with Crippen LogP contribution < -0.4 is 0 Å². The van der Waals surface area contributed by atoms with Crippen molar-refractivity contribution in [2.45, 2.75) is 433 Å². The van der Waals surface area contributed by atoms with Crippen LogP contribution in [0, 0.1) is 23.7 Å². The van der Waals surface area contributed by atoms with E-state index >= 15 is 0 Å². The zero-order chi connectivity index (χ0) is 73.8. The van der Waals surface area contributed by atoms with Crippen molar-refractivity contribution in [1.29, 1.82) is 0 Å². The van der Waals surface area contributed by atoms with Gasteiger partial charge in [0.1, 0.15) is 19.3 Å². The predicted octanol–water partition coefficient (Wildman–Crippen LogP) is 24.0. The molecule has 0 heterocycles. The smallest absolute Gasteiger partial charge is 0.462 e. The fourth-order valence-electron chi connectivity index (χ4n) is 12.4. The summed E-state index contributed by atoms with van der Waals surface area (Å²) in [6, 6.07) is 0. The minimum Gasteiger partial charge on any atom is -0.462 e. The number of aliphatic hydroxyl groups is 1. The van der Waals surface area contributed by atoms with Gasteiger partial charge in [-0.05, 0) is 49.4 Å². The molecule has 594 valence electrons. The molecule has 0 aromatic carbocycles. The van der Waals surface area contributed by atoms with E-state index in [1.807, 2.05) is 0 Å². The topological polar surface area (TPSA) is 237 Å². The molecular weight excluding hydrogens is 1310 g/mol. The zero-order valence-corrected chi connectivity index (χ0v) is 67.6. The van der Waals surface area contributed by atoms with Crippen molar-refractivity contribution >= 4 is 39.5 Å². The first-order valence-electron chi connectivity index (χ1n) is 41.7. The van der Waals surface area contributed by atoms with Crippen molar-refractivity contribution in [1.82, 2.24) is 0 Å². The number of carbonyl (C=O) groups excluding carboxylic acids is 4. The number of hydrogen-bond donors (Lipinski definition) is 3. The third-order valence-electron chi connectivity index (χ3n) is 18.8. The van der Waals surface area contributed by atoms with E-state index < -0.39 is 97.5 Å². The van der Waals surface area contributed by atoms with Gasteiger partial charge < -0.3 is 33.8 Å². The second-order valence-corrected chi connectivity index (χ2v) is 34.0. The first-order chi connectivity index (χ1) is 48.1. The summed E-state index contributed by atoms with van der Waals surface area (Å²) in [6.07, 6.45) is 57.3. The number of phosphoric ester groups is 2. The number of aliphatic hydroxyl groups excluding tert-OH is 1. The van der Waals surface area contributed by atoms with E-state index in [9.17, 15) is 43.2 Å². The zero-order valence-electron chi connectivity index (χ0n) is 65.8. The first-order valence-corrected chi connectivity index (χ1v) is 44.7. The van der Waals surface area contributed by atoms with Gasteiger partial charge in [-0.3, -0.25) is 37.3 Å². The molecule has 0 radical (unpaired) electrons. The molecule has 0 bridgehead atoms. The van der Waals surface area contributed by atoms with Gasteiger partial charge in [-0.1, -0.05) is 364 Å². The summed E-state index contributed by atoms with van der Waals surface area (Å²) in [5.74, 6) is 0.915. The summed E-state index contributed by atoms with van der Waals surface area (Å²) < 4.78 is 68.6. The van der Waals surface area contributed by atoms with Gasteiger partial charge in [0.25, 0.3) is 0 Å². The van der Waals surface area contributed by atoms with Crippen molar-refractivity contribution in [2.24, 2.45) is 23.7 Å². The summed E-state index contributed by atoms with van der Waals surface area (Å²) >= 11 is 0. The van der Waals surface area contributed by atoms with Crippen molar-refractivity contribution in [3.8, 4) is 0 Å². The van der Waals surface area contributed by atoms with Crippen LogP contribution in [0.2, 0.25) is 0 Å². The van der Waals surface area contributed by atoms with Gasteiger partial charge >= 0.3 is 39.5 Å². The van der Waals surface area contributed by atoms with Crippen LogP contribution in [-0.2, 0) is 65.4 Å². The maximum absolute atomic E-state index is 13.1. The molecule has 0 aliphatic heterocycles. The number of carbonyl (C=O) groups is 4. The first kappa shape index (κ1) is 98.1. The summed E-state index contributed by atoms with van der Waals surface area (Å²) in [7, 11) is -9.92. The van der Waals surface area contributed by atoms with Gasteiger partial charge in [0, 0.05) is 25.7 Å². The SMILES string of the molecule is CC(C)CCCCCCCCCCCCCCCCCCCCC(=O)O[C@H](COC(=O)CCCCCCCCCC(C)C)COP(=O)(O)OCC(O)COP(=O)(O)OC[C@@H](COC(=O)CCCCCCCCCCCCCCCCCCC(C)C)OC(=O)CCCCCCCCCC(C)C. The third kappa shape index (κ3) is 74.3. The van der Waals surface area contributed by atoms with E-state index in [1.54, 1.807) is 0 Å². The van der Waals surface area contributed by atoms with E-state index in [4.69, 9.17) is 37.0 Å². The van der Waals surface area contributed by atoms with Gasteiger partial charge in [-0.2, -0.15) is 0 Å². The van der Waals surface area contributed by atoms with Crippen LogP contribution in [0.3, 0.4) is 0 Å². The Morgan fingerprint density at radius 3 is 0.620 bits per heavy atom. The number of phosphoric acid groups is 2. The van der Waals surface area contributed by atoms with Crippen LogP contribution in [0.4, 0.5) is 0 Å². The Morgan fingerprint density at radius 1 is 0.250 bits per heavy atom. The molecule has 0 aromatic heterocycles. The minimum absolute atomic E-state index is 0.104. The molecule has 0 aliphatic carbocycles. The lowest BCUT2D eigenvalue weighted by Gasteiger charge is -2.21. The monoisotopic (exact) mass is 1470 g/mol. The maximum Gasteiger partial charge on any atom is 0.472 e. The fraction of sp³-hybridized carbons (Fsp3) is 0.951. The summed E-state index contributed by atoms with van der Waals surface area (Å²) in [5.41, 5.74) is 0. The molecule has 0 aromatic rings. The number of esters is 4. The molecule has 3 N–H and O–H groups in total. The molecule has 0 aliphatic rings. The number of ether oxygens (including phenoxy) is 4. The second kappa shape index (κ2) is 70.1. The minimum atomic E-state index is -4.96. The Bertz CT molecular complexity index is 1950. The molecule has 3 unspecified atom stereocenters. The second-order valence-electron chi connectivity index (χ2n) is 31.1. The van der Waals surface area contributed by atoms with Gasteiger partial charge in [-0.15, -0.1) is 0 Å². The van der Waals surface area contributed by atoms with Gasteiger partial charge in [0.05, 0.1) is 26.4 Å². The summed E-state index contributed by atoms with van der Waals surface area (Å²) in [5, 5.41) is 10.6. The number of rotatable bonds is 78. The highest BCUT2D eigenvalue weighted by Crippen LogP contribution is 2.45. The average Bonchev–Trinajstić information content (AvgIpc) is 0.928. The van der Waals surface area contributed by atoms with Crippen molar-refractivity contribution in [2.75, 3.05) is 39.6 Å². The highest BCUT2D eigenvalue weighted by molar-refractivity contribution is 7.47. The van der Waals surface area contributed by atoms with E-state index in [0.29, 0.717) is 37.5 Å². The molecule has 17 nitrogen and oxygen atoms in total. The molecule has 0 amide bonds. The highest BCUT2D eigenvalue weighted by Gasteiger charge is 2.30. The average molecular weight is 1470 g/mol. The van der Waals surface area contributed by atoms with Crippen LogP contribution >= 0.6 is 15.6 Å². The summed E-state index contributed by atoms with van der Waals surface area (Å²) in [4.78, 5) is 72.9. The van der Waals surface area contributed by atoms with Gasteiger partial charge in [0.15, 0.2) is 12.2 Å². The van der Waals surface area contributed by atoms with E-state index in [1.165, 1.54) is 212 Å². The van der Waals surface area contributed by atoms with Gasteiger partial charge in [0.2, 0.25) is 0 Å². The summed E-state index contributed by atoms with van der Waals surface area (Å²) in [6.45, 7) is 14.2. The molecule has 0 saturated heterocycles. The lowest BCUT2D eigenvalue weighted by molar-refractivity contribution is -0.161. The molecule has 0 fully saturated rings. The van der Waals surface area contributed by atoms with Gasteiger partial charge in [-0.25, -0.2) is 9.13 Å². The van der Waals surface area contributed by atoms with Crippen LogP contribution in [-0.4, -0.2) is 96.7 Å². The molecule has 0 saturated carbocycles. The Kier molecular flexibility index (Phi) is 68.7. The normalized spacial score (nSPS) is 14.0. The lowest BCUT2D eigenvalue weighted by atomic mass is 10.0. The molecule has 0 rings (SSSR count). The Balaban J connectivity index is 5.13. The standard InChI is InChI=1S/C81H158O17P2/c1-71(2)57-49-41-33-27-23-19-15-11-9-10-12-18-22-26-30-38-47-55-63-80(85)97-76(68-92-79(84)62-54-46-39-31-35-43-51-59-73(5)6)69-95-99(87,88)93-65-75(82)66-94-100(89,90)96-70-77(98-81(86)64-56-48-40-32-36-44-52-60-74(7)8)67-91-78(83)61-53-45-37-29-25-21-17-14-13-16-20-24-28-34-42-50-58-72(3)4/h71-77,82H,9-70H2,1-8H3,(H,87,88)(H,89,90)/t75?,76-,77-/m1/s1. The lowest BCUT2D eigenvalue weighted by Crippen LogP contribution is -2.30. The molecule has 100 heavy (non-hydrogen) atoms.